The maximum atomic E-state index is 12.0. The van der Waals surface area contributed by atoms with Crippen LogP contribution in [0.5, 0.6) is 5.75 Å². The van der Waals surface area contributed by atoms with Crippen molar-refractivity contribution in [2.75, 3.05) is 13.6 Å². The first-order valence-electron chi connectivity index (χ1n) is 7.00. The van der Waals surface area contributed by atoms with Gasteiger partial charge in [0, 0.05) is 13.1 Å². The highest BCUT2D eigenvalue weighted by Crippen LogP contribution is 2.42. The summed E-state index contributed by atoms with van der Waals surface area (Å²) in [6.07, 6.45) is 3.91. The zero-order chi connectivity index (χ0) is 13.4. The van der Waals surface area contributed by atoms with Crippen LogP contribution >= 0.6 is 0 Å². The van der Waals surface area contributed by atoms with E-state index >= 15 is 0 Å². The molecule has 19 heavy (non-hydrogen) atoms. The number of benzene rings is 1. The van der Waals surface area contributed by atoms with Crippen LogP contribution in [0, 0.1) is 0 Å². The van der Waals surface area contributed by atoms with Gasteiger partial charge in [-0.05, 0) is 49.4 Å². The minimum Gasteiger partial charge on any atom is -0.508 e. The number of nitrogens with one attached hydrogen (secondary N) is 1. The van der Waals surface area contributed by atoms with Gasteiger partial charge < -0.3 is 10.4 Å². The molecule has 1 fully saturated rings. The molecule has 2 N–H and O–H groups in total. The van der Waals surface area contributed by atoms with E-state index in [-0.39, 0.29) is 18.0 Å². The van der Waals surface area contributed by atoms with Crippen LogP contribution in [-0.4, -0.2) is 35.5 Å². The number of likely N-dealkylation sites (tertiary alicyclic amines) is 1. The number of hydrogen-bond acceptors (Lipinski definition) is 3. The van der Waals surface area contributed by atoms with Crippen molar-refractivity contribution >= 4 is 5.91 Å². The average Bonchev–Trinajstić information content (AvgIpc) is 3.04. The van der Waals surface area contributed by atoms with Gasteiger partial charge in [0.2, 0.25) is 5.91 Å². The summed E-state index contributed by atoms with van der Waals surface area (Å²) in [6.45, 7) is 0.970. The molecule has 4 nitrogen and oxygen atoms in total. The highest BCUT2D eigenvalue weighted by atomic mass is 16.3. The van der Waals surface area contributed by atoms with Crippen molar-refractivity contribution in [1.29, 1.82) is 0 Å². The predicted octanol–water partition coefficient (Wildman–Crippen LogP) is 1.59. The first-order valence-corrected chi connectivity index (χ1v) is 7.00. The molecule has 3 rings (SSSR count). The van der Waals surface area contributed by atoms with Crippen molar-refractivity contribution in [3.05, 3.63) is 29.3 Å². The Morgan fingerprint density at radius 1 is 1.42 bits per heavy atom. The van der Waals surface area contributed by atoms with Crippen molar-refractivity contribution in [1.82, 2.24) is 10.2 Å². The second-order valence-electron chi connectivity index (χ2n) is 5.41. The molecule has 4 heteroatoms. The Hall–Kier alpha value is -1.55. The van der Waals surface area contributed by atoms with Gasteiger partial charge in [-0.25, -0.2) is 0 Å². The van der Waals surface area contributed by atoms with Gasteiger partial charge in [0.05, 0.1) is 6.04 Å². The van der Waals surface area contributed by atoms with E-state index in [1.165, 1.54) is 5.56 Å². The highest BCUT2D eigenvalue weighted by molar-refractivity contribution is 5.81. The van der Waals surface area contributed by atoms with Crippen LogP contribution in [0.1, 0.15) is 36.4 Å². The lowest BCUT2D eigenvalue weighted by Gasteiger charge is -2.30. The maximum Gasteiger partial charge on any atom is 0.237 e. The fraction of sp³-hybridized carbons (Fsp3) is 0.533. The Kier molecular flexibility index (Phi) is 3.19. The number of amides is 1. The van der Waals surface area contributed by atoms with E-state index in [4.69, 9.17) is 0 Å². The van der Waals surface area contributed by atoms with Crippen LogP contribution in [0.2, 0.25) is 0 Å². The van der Waals surface area contributed by atoms with E-state index in [0.717, 1.165) is 37.8 Å². The molecule has 0 bridgehead atoms. The van der Waals surface area contributed by atoms with Gasteiger partial charge >= 0.3 is 0 Å². The third kappa shape index (κ3) is 2.00. The summed E-state index contributed by atoms with van der Waals surface area (Å²) in [6, 6.07) is 6.01. The van der Waals surface area contributed by atoms with Gasteiger partial charge in [0.15, 0.2) is 0 Å². The Morgan fingerprint density at radius 3 is 3.05 bits per heavy atom. The summed E-state index contributed by atoms with van der Waals surface area (Å²) in [5.74, 6) is 0.516. The third-order valence-corrected chi connectivity index (χ3v) is 4.46. The van der Waals surface area contributed by atoms with E-state index in [2.05, 4.69) is 16.3 Å². The average molecular weight is 260 g/mol. The van der Waals surface area contributed by atoms with Crippen molar-refractivity contribution in [2.45, 2.75) is 37.8 Å². The van der Waals surface area contributed by atoms with Crippen LogP contribution in [-0.2, 0) is 11.2 Å². The Morgan fingerprint density at radius 2 is 2.26 bits per heavy atom. The van der Waals surface area contributed by atoms with Crippen LogP contribution in [0.15, 0.2) is 18.2 Å². The van der Waals surface area contributed by atoms with Crippen LogP contribution in [0.25, 0.3) is 0 Å². The molecule has 1 aromatic carbocycles. The monoisotopic (exact) mass is 260 g/mol. The number of phenols is 1. The number of carbonyl (C=O) groups is 1. The number of likely N-dealkylation sites (N-methyl/N-ethyl adjacent to an activating group) is 1. The number of phenolic OH excluding ortho intramolecular Hbond substituents is 1. The Bertz CT molecular complexity index is 501. The zero-order valence-electron chi connectivity index (χ0n) is 11.2. The van der Waals surface area contributed by atoms with Crippen molar-refractivity contribution in [3.8, 4) is 5.75 Å². The highest BCUT2D eigenvalue weighted by Gasteiger charge is 2.38. The molecule has 1 aliphatic carbocycles. The minimum absolute atomic E-state index is 0.0108. The second-order valence-corrected chi connectivity index (χ2v) is 5.41. The van der Waals surface area contributed by atoms with Gasteiger partial charge in [-0.15, -0.1) is 0 Å². The number of nitrogens with zero attached hydrogens (tertiary/aromatic N) is 1. The molecule has 0 saturated carbocycles. The van der Waals surface area contributed by atoms with E-state index in [1.807, 2.05) is 6.07 Å². The second kappa shape index (κ2) is 4.85. The standard InChI is InChI=1S/C15H20N2O2/c1-16-15(19)13-5-3-9-17(13)12-8-7-11-10(12)4-2-6-14(11)18/h2,4,6,12-13,18H,3,5,7-9H2,1H3,(H,16,19). The van der Waals surface area contributed by atoms with Crippen molar-refractivity contribution < 1.29 is 9.90 Å². The van der Waals surface area contributed by atoms with Crippen molar-refractivity contribution in [3.63, 3.8) is 0 Å². The topological polar surface area (TPSA) is 52.6 Å². The van der Waals surface area contributed by atoms with Gasteiger partial charge in [0.25, 0.3) is 0 Å². The molecule has 102 valence electrons. The molecule has 1 saturated heterocycles. The molecule has 0 radical (unpaired) electrons. The zero-order valence-corrected chi connectivity index (χ0v) is 11.2. The summed E-state index contributed by atoms with van der Waals surface area (Å²) >= 11 is 0. The number of fused-ring (bicyclic) bond motifs is 1. The lowest BCUT2D eigenvalue weighted by atomic mass is 10.1. The van der Waals surface area contributed by atoms with Gasteiger partial charge in [-0.1, -0.05) is 12.1 Å². The van der Waals surface area contributed by atoms with E-state index < -0.39 is 0 Å². The summed E-state index contributed by atoms with van der Waals surface area (Å²) in [5, 5.41) is 12.7. The van der Waals surface area contributed by atoms with Crippen LogP contribution in [0.4, 0.5) is 0 Å². The fourth-order valence-corrected chi connectivity index (χ4v) is 3.57. The minimum atomic E-state index is -0.0108. The molecular formula is C15H20N2O2. The molecule has 1 aliphatic heterocycles. The smallest absolute Gasteiger partial charge is 0.237 e. The maximum absolute atomic E-state index is 12.0. The normalized spacial score (nSPS) is 26.4. The predicted molar refractivity (Wildman–Crippen MR) is 73.0 cm³/mol. The molecule has 2 atom stereocenters. The molecular weight excluding hydrogens is 240 g/mol. The number of aromatic hydroxyl groups is 1. The van der Waals surface area contributed by atoms with E-state index in [9.17, 15) is 9.90 Å². The third-order valence-electron chi connectivity index (χ3n) is 4.46. The van der Waals surface area contributed by atoms with Gasteiger partial charge in [-0.2, -0.15) is 0 Å². The van der Waals surface area contributed by atoms with Gasteiger partial charge in [0.1, 0.15) is 5.75 Å². The molecule has 1 aromatic rings. The molecule has 1 heterocycles. The summed E-state index contributed by atoms with van der Waals surface area (Å²) < 4.78 is 0. The number of carbonyl (C=O) groups excluding carboxylic acids is 1. The van der Waals surface area contributed by atoms with Gasteiger partial charge in [-0.3, -0.25) is 9.69 Å². The SMILES string of the molecule is CNC(=O)C1CCCN1C1CCc2c(O)cccc21. The lowest BCUT2D eigenvalue weighted by Crippen LogP contribution is -2.43. The van der Waals surface area contributed by atoms with E-state index in [1.54, 1.807) is 13.1 Å². The van der Waals surface area contributed by atoms with Crippen LogP contribution < -0.4 is 5.32 Å². The summed E-state index contributed by atoms with van der Waals surface area (Å²) in [5.41, 5.74) is 2.27. The largest absolute Gasteiger partial charge is 0.508 e. The first-order chi connectivity index (χ1) is 9.22. The molecule has 2 unspecified atom stereocenters. The van der Waals surface area contributed by atoms with E-state index in [0.29, 0.717) is 5.75 Å². The number of hydrogen-bond donors (Lipinski definition) is 2. The first kappa shape index (κ1) is 12.5. The Labute approximate surface area is 113 Å². The molecule has 0 aromatic heterocycles. The number of rotatable bonds is 2. The quantitative estimate of drug-likeness (QED) is 0.849. The fourth-order valence-electron chi connectivity index (χ4n) is 3.57. The van der Waals surface area contributed by atoms with Crippen LogP contribution in [0.3, 0.4) is 0 Å². The molecule has 0 spiro atoms. The summed E-state index contributed by atoms with van der Waals surface area (Å²) in [4.78, 5) is 14.3. The lowest BCUT2D eigenvalue weighted by molar-refractivity contribution is -0.125. The molecule has 1 amide bonds. The molecule has 2 aliphatic rings. The Balaban J connectivity index is 1.89. The van der Waals surface area contributed by atoms with Crippen molar-refractivity contribution in [2.24, 2.45) is 0 Å². The summed E-state index contributed by atoms with van der Waals surface area (Å²) in [7, 11) is 1.70.